The number of nitrogens with zero attached hydrogens (tertiary/aromatic N) is 1. The van der Waals surface area contributed by atoms with Crippen molar-refractivity contribution < 1.29 is 4.79 Å². The quantitative estimate of drug-likeness (QED) is 0.806. The van der Waals surface area contributed by atoms with Crippen LogP contribution in [-0.2, 0) is 0 Å². The summed E-state index contributed by atoms with van der Waals surface area (Å²) in [5.74, 6) is -0.0375. The molecule has 3 N–H and O–H groups in total. The number of hydrogen-bond donors (Lipinski definition) is 2. The number of anilines is 1. The van der Waals surface area contributed by atoms with Crippen molar-refractivity contribution >= 4 is 52.1 Å². The number of hydrogen-bond acceptors (Lipinski definition) is 2. The molecule has 0 heterocycles. The summed E-state index contributed by atoms with van der Waals surface area (Å²) in [6.07, 6.45) is 0. The summed E-state index contributed by atoms with van der Waals surface area (Å²) in [4.78, 5) is 14.2. The minimum absolute atomic E-state index is 0.0375. The Kier molecular flexibility index (Phi) is 6.52. The van der Waals surface area contributed by atoms with Crippen LogP contribution in [0, 0.1) is 5.92 Å². The molecule has 1 aromatic rings. The second kappa shape index (κ2) is 7.67. The molecule has 1 unspecified atom stereocenters. The molecule has 0 bridgehead atoms. The molecule has 1 atom stereocenters. The van der Waals surface area contributed by atoms with Crippen LogP contribution < -0.4 is 11.1 Å². The van der Waals surface area contributed by atoms with Crippen molar-refractivity contribution in [3.05, 3.63) is 28.2 Å². The summed E-state index contributed by atoms with van der Waals surface area (Å²) >= 11 is 16.7. The summed E-state index contributed by atoms with van der Waals surface area (Å²) in [5, 5.41) is 3.60. The van der Waals surface area contributed by atoms with Crippen molar-refractivity contribution in [3.63, 3.8) is 0 Å². The Hall–Kier alpha value is -1.04. The zero-order chi connectivity index (χ0) is 15.3. The van der Waals surface area contributed by atoms with Crippen molar-refractivity contribution in [3.8, 4) is 0 Å². The molecule has 0 spiro atoms. The third kappa shape index (κ3) is 4.81. The van der Waals surface area contributed by atoms with Gasteiger partial charge in [-0.1, -0.05) is 42.3 Å². The van der Waals surface area contributed by atoms with Gasteiger partial charge in [-0.3, -0.25) is 0 Å². The maximum atomic E-state index is 12.2. The molecule has 0 fully saturated rings. The van der Waals surface area contributed by atoms with Gasteiger partial charge in [-0.25, -0.2) is 4.79 Å². The minimum atomic E-state index is -0.228. The number of carbonyl (C=O) groups is 1. The standard InChI is InChI=1S/C13H17Cl2N3OS/c1-3-18(7-8(2)12(16)20)13(19)17-9-4-5-10(14)11(15)6-9/h4-6,8H,3,7H2,1-2H3,(H2,16,20)(H,17,19). The first-order chi connectivity index (χ1) is 9.35. The fourth-order valence-electron chi connectivity index (χ4n) is 1.55. The summed E-state index contributed by atoms with van der Waals surface area (Å²) < 4.78 is 0. The Morgan fingerprint density at radius 3 is 2.60 bits per heavy atom. The first-order valence-electron chi connectivity index (χ1n) is 6.15. The summed E-state index contributed by atoms with van der Waals surface area (Å²) in [6.45, 7) is 4.80. The van der Waals surface area contributed by atoms with E-state index in [1.807, 2.05) is 13.8 Å². The molecule has 0 aromatic heterocycles. The van der Waals surface area contributed by atoms with Crippen LogP contribution in [0.2, 0.25) is 10.0 Å². The van der Waals surface area contributed by atoms with Gasteiger partial charge in [0.25, 0.3) is 0 Å². The monoisotopic (exact) mass is 333 g/mol. The van der Waals surface area contributed by atoms with Gasteiger partial charge in [0, 0.05) is 24.7 Å². The molecule has 0 aliphatic rings. The van der Waals surface area contributed by atoms with Gasteiger partial charge in [0.2, 0.25) is 0 Å². The zero-order valence-electron chi connectivity index (χ0n) is 11.3. The van der Waals surface area contributed by atoms with E-state index in [2.05, 4.69) is 5.32 Å². The van der Waals surface area contributed by atoms with Gasteiger partial charge in [-0.15, -0.1) is 0 Å². The average molecular weight is 334 g/mol. The SMILES string of the molecule is CCN(CC(C)C(N)=S)C(=O)Nc1ccc(Cl)c(Cl)c1. The predicted molar refractivity (Wildman–Crippen MR) is 88.7 cm³/mol. The lowest BCUT2D eigenvalue weighted by Gasteiger charge is -2.24. The minimum Gasteiger partial charge on any atom is -0.393 e. The lowest BCUT2D eigenvalue weighted by atomic mass is 10.1. The van der Waals surface area contributed by atoms with Crippen LogP contribution in [0.1, 0.15) is 13.8 Å². The number of thiocarbonyl (C=S) groups is 1. The summed E-state index contributed by atoms with van der Waals surface area (Å²) in [7, 11) is 0. The lowest BCUT2D eigenvalue weighted by Crippen LogP contribution is -2.40. The van der Waals surface area contributed by atoms with Crippen molar-refractivity contribution in [1.82, 2.24) is 4.90 Å². The molecule has 2 amide bonds. The highest BCUT2D eigenvalue weighted by Crippen LogP contribution is 2.25. The first kappa shape index (κ1) is 17.0. The molecular formula is C13H17Cl2N3OS. The van der Waals surface area contributed by atoms with E-state index in [1.54, 1.807) is 23.1 Å². The molecule has 4 nitrogen and oxygen atoms in total. The fraction of sp³-hybridized carbons (Fsp3) is 0.385. The highest BCUT2D eigenvalue weighted by Gasteiger charge is 2.16. The second-order valence-corrected chi connectivity index (χ2v) is 5.69. The highest BCUT2D eigenvalue weighted by molar-refractivity contribution is 7.80. The van der Waals surface area contributed by atoms with E-state index in [1.165, 1.54) is 0 Å². The third-order valence-electron chi connectivity index (χ3n) is 2.82. The molecule has 20 heavy (non-hydrogen) atoms. The van der Waals surface area contributed by atoms with E-state index in [-0.39, 0.29) is 11.9 Å². The van der Waals surface area contributed by atoms with Gasteiger partial charge in [0.1, 0.15) is 0 Å². The molecule has 0 saturated heterocycles. The Labute approximate surface area is 134 Å². The van der Waals surface area contributed by atoms with E-state index in [9.17, 15) is 4.79 Å². The Balaban J connectivity index is 2.72. The Morgan fingerprint density at radius 2 is 2.10 bits per heavy atom. The van der Waals surface area contributed by atoms with Crippen molar-refractivity contribution in [1.29, 1.82) is 0 Å². The number of carbonyl (C=O) groups excluding carboxylic acids is 1. The van der Waals surface area contributed by atoms with E-state index in [4.69, 9.17) is 41.2 Å². The number of nitrogens with one attached hydrogen (secondary N) is 1. The first-order valence-corrected chi connectivity index (χ1v) is 7.31. The van der Waals surface area contributed by atoms with Gasteiger partial charge >= 0.3 is 6.03 Å². The van der Waals surface area contributed by atoms with Crippen LogP contribution >= 0.6 is 35.4 Å². The lowest BCUT2D eigenvalue weighted by molar-refractivity contribution is 0.211. The van der Waals surface area contributed by atoms with Crippen LogP contribution in [0.15, 0.2) is 18.2 Å². The van der Waals surface area contributed by atoms with Crippen LogP contribution in [0.4, 0.5) is 10.5 Å². The molecule has 0 saturated carbocycles. The van der Waals surface area contributed by atoms with Crippen LogP contribution in [0.5, 0.6) is 0 Å². The molecule has 7 heteroatoms. The van der Waals surface area contributed by atoms with Crippen LogP contribution in [0.3, 0.4) is 0 Å². The molecule has 1 aromatic carbocycles. The summed E-state index contributed by atoms with van der Waals surface area (Å²) in [6, 6.07) is 4.70. The largest absolute Gasteiger partial charge is 0.393 e. The third-order valence-corrected chi connectivity index (χ3v) is 3.96. The maximum absolute atomic E-state index is 12.2. The van der Waals surface area contributed by atoms with E-state index in [0.717, 1.165) is 0 Å². The number of halogens is 2. The number of rotatable bonds is 5. The number of nitrogens with two attached hydrogens (primary N) is 1. The molecule has 1 rings (SSSR count). The van der Waals surface area contributed by atoms with Gasteiger partial charge in [-0.2, -0.15) is 0 Å². The smallest absolute Gasteiger partial charge is 0.321 e. The maximum Gasteiger partial charge on any atom is 0.321 e. The highest BCUT2D eigenvalue weighted by atomic mass is 35.5. The molecule has 0 aliphatic heterocycles. The van der Waals surface area contributed by atoms with Crippen LogP contribution in [-0.4, -0.2) is 29.0 Å². The fourth-order valence-corrected chi connectivity index (χ4v) is 1.93. The van der Waals surface area contributed by atoms with Gasteiger partial charge in [-0.05, 0) is 25.1 Å². The van der Waals surface area contributed by atoms with E-state index >= 15 is 0 Å². The van der Waals surface area contributed by atoms with Gasteiger partial charge in [0.05, 0.1) is 15.0 Å². The topological polar surface area (TPSA) is 58.4 Å². The molecular weight excluding hydrogens is 317 g/mol. The van der Waals surface area contributed by atoms with E-state index in [0.29, 0.717) is 33.8 Å². The second-order valence-electron chi connectivity index (χ2n) is 4.40. The van der Waals surface area contributed by atoms with E-state index < -0.39 is 0 Å². The zero-order valence-corrected chi connectivity index (χ0v) is 13.6. The van der Waals surface area contributed by atoms with Gasteiger partial charge < -0.3 is 16.0 Å². The van der Waals surface area contributed by atoms with Crippen molar-refractivity contribution in [2.75, 3.05) is 18.4 Å². The van der Waals surface area contributed by atoms with Crippen LogP contribution in [0.25, 0.3) is 0 Å². The number of amides is 2. The molecule has 0 radical (unpaired) electrons. The average Bonchev–Trinajstić information content (AvgIpc) is 2.39. The molecule has 110 valence electrons. The normalized spacial score (nSPS) is 11.8. The van der Waals surface area contributed by atoms with Gasteiger partial charge in [0.15, 0.2) is 0 Å². The Bertz CT molecular complexity index is 510. The van der Waals surface area contributed by atoms with Crippen molar-refractivity contribution in [2.24, 2.45) is 11.7 Å². The summed E-state index contributed by atoms with van der Waals surface area (Å²) in [5.41, 5.74) is 6.16. The Morgan fingerprint density at radius 1 is 1.45 bits per heavy atom. The number of benzene rings is 1. The number of urea groups is 1. The molecule has 0 aliphatic carbocycles. The predicted octanol–water partition coefficient (Wildman–Crippen LogP) is 3.77. The van der Waals surface area contributed by atoms with Crippen molar-refractivity contribution in [2.45, 2.75) is 13.8 Å².